The molecule has 0 N–H and O–H groups in total. The fraction of sp³-hybridized carbons (Fsp3) is 0.600. The van der Waals surface area contributed by atoms with Gasteiger partial charge in [-0.15, -0.1) is 0 Å². The van der Waals surface area contributed by atoms with Gasteiger partial charge < -0.3 is 14.5 Å². The van der Waals surface area contributed by atoms with Gasteiger partial charge in [0.25, 0.3) is 0 Å². The minimum absolute atomic E-state index is 0.0896. The lowest BCUT2D eigenvalue weighted by Crippen LogP contribution is -2.52. The van der Waals surface area contributed by atoms with Crippen LogP contribution in [0, 0.1) is 5.92 Å². The number of piperazine rings is 1. The second kappa shape index (κ2) is 8.94. The second-order valence-corrected chi connectivity index (χ2v) is 9.55. The van der Waals surface area contributed by atoms with Crippen molar-refractivity contribution in [3.05, 3.63) is 24.3 Å². The van der Waals surface area contributed by atoms with E-state index in [1.54, 1.807) is 12.1 Å². The number of nitrogens with zero attached hydrogens (tertiary/aromatic N) is 2. The van der Waals surface area contributed by atoms with E-state index in [0.29, 0.717) is 51.4 Å². The molecule has 0 spiro atoms. The Morgan fingerprint density at radius 2 is 1.64 bits per heavy atom. The van der Waals surface area contributed by atoms with Gasteiger partial charge in [0.15, 0.2) is 9.84 Å². The van der Waals surface area contributed by atoms with Gasteiger partial charge in [0.05, 0.1) is 11.5 Å². The van der Waals surface area contributed by atoms with E-state index in [4.69, 9.17) is 4.74 Å². The third-order valence-corrected chi connectivity index (χ3v) is 6.58. The van der Waals surface area contributed by atoms with Gasteiger partial charge in [0.1, 0.15) is 5.75 Å². The van der Waals surface area contributed by atoms with Gasteiger partial charge in [0, 0.05) is 44.8 Å². The summed E-state index contributed by atoms with van der Waals surface area (Å²) in [7, 11) is -3.21. The summed E-state index contributed by atoms with van der Waals surface area (Å²) < 4.78 is 28.5. The van der Waals surface area contributed by atoms with Crippen LogP contribution in [0.4, 0.5) is 0 Å². The summed E-state index contributed by atoms with van der Waals surface area (Å²) in [6.45, 7) is 2.86. The number of benzene rings is 1. The van der Waals surface area contributed by atoms with Crippen molar-refractivity contribution >= 4 is 21.7 Å². The van der Waals surface area contributed by atoms with Gasteiger partial charge in [-0.2, -0.15) is 0 Å². The first-order valence-electron chi connectivity index (χ1n) is 9.84. The maximum absolute atomic E-state index is 12.3. The Bertz CT molecular complexity index is 794. The number of ether oxygens (including phenoxy) is 1. The van der Waals surface area contributed by atoms with Crippen molar-refractivity contribution in [2.45, 2.75) is 37.0 Å². The molecule has 1 heterocycles. The second-order valence-electron chi connectivity index (χ2n) is 7.53. The summed E-state index contributed by atoms with van der Waals surface area (Å²) in [5.74, 6) is 1.15. The lowest BCUT2D eigenvalue weighted by atomic mass is 9.84. The summed E-state index contributed by atoms with van der Waals surface area (Å²) in [5, 5.41) is 0. The molecule has 28 heavy (non-hydrogen) atoms. The average molecular weight is 409 g/mol. The maximum Gasteiger partial charge on any atom is 0.225 e. The molecular weight excluding hydrogens is 380 g/mol. The van der Waals surface area contributed by atoms with E-state index in [-0.39, 0.29) is 22.6 Å². The molecule has 2 amide bonds. The Kier molecular flexibility index (Phi) is 6.59. The third kappa shape index (κ3) is 5.25. The molecule has 2 fully saturated rings. The van der Waals surface area contributed by atoms with Crippen LogP contribution >= 0.6 is 0 Å². The highest BCUT2D eigenvalue weighted by atomic mass is 32.2. The van der Waals surface area contributed by atoms with E-state index < -0.39 is 9.84 Å². The summed E-state index contributed by atoms with van der Waals surface area (Å²) in [6, 6.07) is 6.27. The quantitative estimate of drug-likeness (QED) is 0.642. The van der Waals surface area contributed by atoms with Crippen LogP contribution in [0.1, 0.15) is 32.1 Å². The molecule has 0 radical (unpaired) electrons. The molecule has 0 aromatic heterocycles. The molecule has 154 valence electrons. The minimum atomic E-state index is -3.21. The van der Waals surface area contributed by atoms with Crippen molar-refractivity contribution < 1.29 is 22.7 Å². The molecule has 1 aliphatic carbocycles. The molecule has 0 bridgehead atoms. The number of carbonyl (C=O) groups excluding carboxylic acids is 2. The van der Waals surface area contributed by atoms with E-state index in [1.807, 2.05) is 9.80 Å². The van der Waals surface area contributed by atoms with Crippen LogP contribution in [0.5, 0.6) is 5.75 Å². The number of amides is 2. The first-order valence-corrected chi connectivity index (χ1v) is 11.7. The summed E-state index contributed by atoms with van der Waals surface area (Å²) in [6.07, 6.45) is 5.33. The highest BCUT2D eigenvalue weighted by Crippen LogP contribution is 2.28. The van der Waals surface area contributed by atoms with Crippen LogP contribution in [0.3, 0.4) is 0 Å². The van der Waals surface area contributed by atoms with Crippen LogP contribution in [0.25, 0.3) is 0 Å². The van der Waals surface area contributed by atoms with Crippen molar-refractivity contribution in [3.63, 3.8) is 0 Å². The number of hydrogen-bond acceptors (Lipinski definition) is 5. The predicted octanol–water partition coefficient (Wildman–Crippen LogP) is 1.72. The zero-order chi connectivity index (χ0) is 20.1. The number of rotatable bonds is 7. The Morgan fingerprint density at radius 1 is 1.04 bits per heavy atom. The molecule has 2 aliphatic rings. The lowest BCUT2D eigenvalue weighted by molar-refractivity contribution is -0.144. The van der Waals surface area contributed by atoms with Gasteiger partial charge >= 0.3 is 0 Å². The Hall–Kier alpha value is -2.09. The highest BCUT2D eigenvalue weighted by Gasteiger charge is 2.31. The molecule has 7 nitrogen and oxygen atoms in total. The number of sulfone groups is 1. The van der Waals surface area contributed by atoms with E-state index in [1.165, 1.54) is 12.1 Å². The van der Waals surface area contributed by atoms with Gasteiger partial charge in [-0.3, -0.25) is 9.59 Å². The Balaban J connectivity index is 1.34. The standard InChI is InChI=1S/C20H28N2O5S/c1-28(25,26)18-9-7-17(8-10-18)27-15-3-6-19(23)21-11-13-22(14-12-21)20(24)16-4-2-5-16/h7-10,16H,2-6,11-15H2,1H3. The Labute approximate surface area is 166 Å². The number of carbonyl (C=O) groups is 2. The molecule has 3 rings (SSSR count). The zero-order valence-electron chi connectivity index (χ0n) is 16.3. The predicted molar refractivity (Wildman–Crippen MR) is 105 cm³/mol. The van der Waals surface area contributed by atoms with Crippen molar-refractivity contribution in [2.75, 3.05) is 39.0 Å². The van der Waals surface area contributed by atoms with Crippen molar-refractivity contribution in [1.82, 2.24) is 9.80 Å². The molecule has 1 aliphatic heterocycles. The van der Waals surface area contributed by atoms with Gasteiger partial charge in [-0.1, -0.05) is 6.42 Å². The number of hydrogen-bond donors (Lipinski definition) is 0. The average Bonchev–Trinajstić information content (AvgIpc) is 2.63. The van der Waals surface area contributed by atoms with Crippen molar-refractivity contribution in [2.24, 2.45) is 5.92 Å². The molecule has 1 saturated carbocycles. The molecular formula is C20H28N2O5S. The summed E-state index contributed by atoms with van der Waals surface area (Å²) >= 11 is 0. The van der Waals surface area contributed by atoms with Crippen LogP contribution in [-0.2, 0) is 19.4 Å². The van der Waals surface area contributed by atoms with E-state index in [9.17, 15) is 18.0 Å². The van der Waals surface area contributed by atoms with E-state index in [2.05, 4.69) is 0 Å². The zero-order valence-corrected chi connectivity index (χ0v) is 17.1. The van der Waals surface area contributed by atoms with E-state index in [0.717, 1.165) is 25.5 Å². The van der Waals surface area contributed by atoms with E-state index >= 15 is 0 Å². The molecule has 1 saturated heterocycles. The molecule has 0 atom stereocenters. The molecule has 1 aromatic rings. The van der Waals surface area contributed by atoms with Gasteiger partial charge in [-0.25, -0.2) is 8.42 Å². The normalized spacial score (nSPS) is 17.9. The SMILES string of the molecule is CS(=O)(=O)c1ccc(OCCCC(=O)N2CCN(C(=O)C3CCC3)CC2)cc1. The van der Waals surface area contributed by atoms with Gasteiger partial charge in [-0.05, 0) is 43.5 Å². The largest absolute Gasteiger partial charge is 0.494 e. The highest BCUT2D eigenvalue weighted by molar-refractivity contribution is 7.90. The Morgan fingerprint density at radius 3 is 2.18 bits per heavy atom. The van der Waals surface area contributed by atoms with Crippen LogP contribution in [-0.4, -0.2) is 69.1 Å². The molecule has 8 heteroatoms. The molecule has 1 aromatic carbocycles. The van der Waals surface area contributed by atoms with Crippen LogP contribution < -0.4 is 4.74 Å². The van der Waals surface area contributed by atoms with Crippen LogP contribution in [0.15, 0.2) is 29.2 Å². The van der Waals surface area contributed by atoms with Crippen LogP contribution in [0.2, 0.25) is 0 Å². The topological polar surface area (TPSA) is 84.0 Å². The maximum atomic E-state index is 12.3. The smallest absolute Gasteiger partial charge is 0.225 e. The lowest BCUT2D eigenvalue weighted by Gasteiger charge is -2.38. The first kappa shape index (κ1) is 20.6. The third-order valence-electron chi connectivity index (χ3n) is 5.45. The molecule has 0 unspecified atom stereocenters. The van der Waals surface area contributed by atoms with Crippen molar-refractivity contribution in [1.29, 1.82) is 0 Å². The monoisotopic (exact) mass is 408 g/mol. The van der Waals surface area contributed by atoms with Gasteiger partial charge in [0.2, 0.25) is 11.8 Å². The summed E-state index contributed by atoms with van der Waals surface area (Å²) in [5.41, 5.74) is 0. The van der Waals surface area contributed by atoms with Crippen molar-refractivity contribution in [3.8, 4) is 5.75 Å². The fourth-order valence-electron chi connectivity index (χ4n) is 3.44. The minimum Gasteiger partial charge on any atom is -0.494 e. The fourth-order valence-corrected chi connectivity index (χ4v) is 4.07. The summed E-state index contributed by atoms with van der Waals surface area (Å²) in [4.78, 5) is 28.6. The first-order chi connectivity index (χ1) is 13.3.